The normalized spacial score (nSPS) is 15.9. The van der Waals surface area contributed by atoms with Gasteiger partial charge in [0.15, 0.2) is 0 Å². The Kier molecular flexibility index (Phi) is 10.7. The second kappa shape index (κ2) is 14.4. The molecule has 0 fully saturated rings. The van der Waals surface area contributed by atoms with Gasteiger partial charge in [-0.05, 0) is 48.1 Å². The Balaban J connectivity index is 1.36. The summed E-state index contributed by atoms with van der Waals surface area (Å²) in [5.74, 6) is 0.818. The number of aliphatic hydroxyl groups is 1. The lowest BCUT2D eigenvalue weighted by molar-refractivity contribution is -0.136. The van der Waals surface area contributed by atoms with Gasteiger partial charge in [0.1, 0.15) is 12.4 Å². The first kappa shape index (κ1) is 28.3. The number of carbonyl (C=O) groups is 1. The van der Waals surface area contributed by atoms with E-state index in [0.717, 1.165) is 17.7 Å². The fraction of sp³-hybridized carbons (Fsp3) is 0.433. The number of hydrogen-bond acceptors (Lipinski definition) is 7. The van der Waals surface area contributed by atoms with Gasteiger partial charge in [0.25, 0.3) is 0 Å². The van der Waals surface area contributed by atoms with E-state index in [1.165, 1.54) is 16.0 Å². The number of carbonyl (C=O) groups excluding carboxylic acids is 1. The molecular weight excluding hydrogens is 500 g/mol. The molecular formula is C30H38N2O5S. The second-order valence-electron chi connectivity index (χ2n) is 9.66. The first-order valence-corrected chi connectivity index (χ1v) is 14.0. The van der Waals surface area contributed by atoms with Crippen LogP contribution >= 0.6 is 11.3 Å². The van der Waals surface area contributed by atoms with E-state index >= 15 is 0 Å². The summed E-state index contributed by atoms with van der Waals surface area (Å²) in [6.45, 7) is 5.26. The standard InChI is InChI=1S/C30H38N2O5S/c1-23-8-10-26(11-9-23)37-22-28-27-13-17-38-29(27)12-14-32(28)30(34)19-31(15-16-35-2)18-25(33)21-36-20-24-6-4-3-5-7-24/h3-11,13,17,25,28,33H,12,14-16,18-22H2,1-2H3. The highest BCUT2D eigenvalue weighted by atomic mass is 32.1. The lowest BCUT2D eigenvalue weighted by atomic mass is 10.0. The Bertz CT molecular complexity index is 1120. The van der Waals surface area contributed by atoms with E-state index in [4.69, 9.17) is 14.2 Å². The zero-order valence-corrected chi connectivity index (χ0v) is 23.1. The van der Waals surface area contributed by atoms with Crippen LogP contribution in [-0.4, -0.2) is 80.0 Å². The number of thiophene rings is 1. The summed E-state index contributed by atoms with van der Waals surface area (Å²) < 4.78 is 17.1. The van der Waals surface area contributed by atoms with Crippen molar-refractivity contribution in [2.45, 2.75) is 32.1 Å². The summed E-state index contributed by atoms with van der Waals surface area (Å²) in [5.41, 5.74) is 3.40. The van der Waals surface area contributed by atoms with Gasteiger partial charge < -0.3 is 24.2 Å². The van der Waals surface area contributed by atoms with Crippen LogP contribution in [0.2, 0.25) is 0 Å². The van der Waals surface area contributed by atoms with Gasteiger partial charge in [0.2, 0.25) is 5.91 Å². The third-order valence-electron chi connectivity index (χ3n) is 6.71. The highest BCUT2D eigenvalue weighted by Crippen LogP contribution is 2.34. The molecule has 1 aliphatic rings. The molecule has 8 heteroatoms. The predicted molar refractivity (Wildman–Crippen MR) is 150 cm³/mol. The highest BCUT2D eigenvalue weighted by molar-refractivity contribution is 7.10. The van der Waals surface area contributed by atoms with E-state index in [0.29, 0.717) is 39.5 Å². The van der Waals surface area contributed by atoms with Crippen LogP contribution in [0.15, 0.2) is 66.0 Å². The Labute approximate surface area is 229 Å². The van der Waals surface area contributed by atoms with Crippen molar-refractivity contribution in [3.63, 3.8) is 0 Å². The first-order valence-electron chi connectivity index (χ1n) is 13.1. The summed E-state index contributed by atoms with van der Waals surface area (Å²) >= 11 is 1.74. The molecule has 1 aliphatic heterocycles. The summed E-state index contributed by atoms with van der Waals surface area (Å²) in [6, 6.07) is 19.8. The molecule has 3 aromatic rings. The fourth-order valence-corrected chi connectivity index (χ4v) is 5.59. The lowest BCUT2D eigenvalue weighted by Crippen LogP contribution is -2.48. The third-order valence-corrected chi connectivity index (χ3v) is 7.70. The van der Waals surface area contributed by atoms with E-state index in [-0.39, 0.29) is 25.1 Å². The molecule has 38 heavy (non-hydrogen) atoms. The van der Waals surface area contributed by atoms with Crippen LogP contribution in [-0.2, 0) is 27.3 Å². The molecule has 2 atom stereocenters. The Morgan fingerprint density at radius 3 is 2.71 bits per heavy atom. The van der Waals surface area contributed by atoms with Crippen molar-refractivity contribution in [1.29, 1.82) is 0 Å². The van der Waals surface area contributed by atoms with E-state index in [1.807, 2.05) is 71.3 Å². The lowest BCUT2D eigenvalue weighted by Gasteiger charge is -2.37. The SMILES string of the molecule is COCCN(CC(=O)N1CCc2sccc2C1COc1ccc(C)cc1)CC(O)COCc1ccccc1. The van der Waals surface area contributed by atoms with E-state index in [2.05, 4.69) is 11.4 Å². The molecule has 0 aliphatic carbocycles. The number of benzene rings is 2. The van der Waals surface area contributed by atoms with Crippen LogP contribution in [0, 0.1) is 6.92 Å². The molecule has 0 radical (unpaired) electrons. The number of amides is 1. The van der Waals surface area contributed by atoms with Gasteiger partial charge in [0, 0.05) is 31.6 Å². The van der Waals surface area contributed by atoms with Gasteiger partial charge in [-0.1, -0.05) is 48.0 Å². The van der Waals surface area contributed by atoms with Gasteiger partial charge in [-0.2, -0.15) is 0 Å². The monoisotopic (exact) mass is 538 g/mol. The number of fused-ring (bicyclic) bond motifs is 1. The molecule has 7 nitrogen and oxygen atoms in total. The molecule has 4 rings (SSSR count). The van der Waals surface area contributed by atoms with Crippen LogP contribution in [0.3, 0.4) is 0 Å². The van der Waals surface area contributed by atoms with Crippen molar-refractivity contribution in [1.82, 2.24) is 9.80 Å². The van der Waals surface area contributed by atoms with Gasteiger partial charge >= 0.3 is 0 Å². The third kappa shape index (κ3) is 8.12. The number of hydrogen-bond donors (Lipinski definition) is 1. The average molecular weight is 539 g/mol. The van der Waals surface area contributed by atoms with E-state index in [1.54, 1.807) is 18.4 Å². The summed E-state index contributed by atoms with van der Waals surface area (Å²) in [5, 5.41) is 12.7. The topological polar surface area (TPSA) is 71.5 Å². The quantitative estimate of drug-likeness (QED) is 0.334. The molecule has 2 unspecified atom stereocenters. The van der Waals surface area contributed by atoms with Crippen LogP contribution in [0.4, 0.5) is 0 Å². The highest BCUT2D eigenvalue weighted by Gasteiger charge is 2.33. The molecule has 0 saturated heterocycles. The fourth-order valence-electron chi connectivity index (χ4n) is 4.66. The summed E-state index contributed by atoms with van der Waals surface area (Å²) in [7, 11) is 1.64. The van der Waals surface area contributed by atoms with Crippen molar-refractivity contribution in [3.8, 4) is 5.75 Å². The minimum absolute atomic E-state index is 0.0212. The van der Waals surface area contributed by atoms with Gasteiger partial charge in [0.05, 0.1) is 38.5 Å². The molecule has 1 aromatic heterocycles. The van der Waals surface area contributed by atoms with Gasteiger partial charge in [-0.25, -0.2) is 0 Å². The molecule has 2 heterocycles. The van der Waals surface area contributed by atoms with E-state index < -0.39 is 6.10 Å². The summed E-state index contributed by atoms with van der Waals surface area (Å²) in [4.78, 5) is 18.8. The number of rotatable bonds is 14. The molecule has 1 amide bonds. The number of aliphatic hydroxyl groups excluding tert-OH is 1. The molecule has 0 saturated carbocycles. The number of ether oxygens (including phenoxy) is 3. The van der Waals surface area contributed by atoms with Crippen molar-refractivity contribution < 1.29 is 24.1 Å². The number of nitrogens with zero attached hydrogens (tertiary/aromatic N) is 2. The molecule has 0 bridgehead atoms. The van der Waals surface area contributed by atoms with Crippen molar-refractivity contribution in [2.24, 2.45) is 0 Å². The van der Waals surface area contributed by atoms with Crippen LogP contribution in [0.1, 0.15) is 27.6 Å². The van der Waals surface area contributed by atoms with Gasteiger partial charge in [-0.3, -0.25) is 9.69 Å². The minimum Gasteiger partial charge on any atom is -0.491 e. The van der Waals surface area contributed by atoms with E-state index in [9.17, 15) is 9.90 Å². The van der Waals surface area contributed by atoms with Crippen LogP contribution in [0.25, 0.3) is 0 Å². The van der Waals surface area contributed by atoms with Crippen molar-refractivity contribution in [2.75, 3.05) is 53.1 Å². The maximum absolute atomic E-state index is 13.6. The Hall–Kier alpha value is -2.75. The van der Waals surface area contributed by atoms with Crippen LogP contribution < -0.4 is 4.74 Å². The van der Waals surface area contributed by atoms with Crippen molar-refractivity contribution in [3.05, 3.63) is 87.6 Å². The maximum Gasteiger partial charge on any atom is 0.237 e. The molecule has 204 valence electrons. The zero-order chi connectivity index (χ0) is 26.7. The average Bonchev–Trinajstić information content (AvgIpc) is 3.41. The predicted octanol–water partition coefficient (Wildman–Crippen LogP) is 4.09. The summed E-state index contributed by atoms with van der Waals surface area (Å²) in [6.07, 6.45) is 0.127. The number of aryl methyl sites for hydroxylation is 1. The van der Waals surface area contributed by atoms with Crippen LogP contribution in [0.5, 0.6) is 5.75 Å². The van der Waals surface area contributed by atoms with Gasteiger partial charge in [-0.15, -0.1) is 11.3 Å². The second-order valence-corrected chi connectivity index (χ2v) is 10.7. The first-order chi connectivity index (χ1) is 18.5. The Morgan fingerprint density at radius 1 is 1.16 bits per heavy atom. The molecule has 0 spiro atoms. The number of methoxy groups -OCH3 is 1. The maximum atomic E-state index is 13.6. The Morgan fingerprint density at radius 2 is 1.95 bits per heavy atom. The van der Waals surface area contributed by atoms with Crippen molar-refractivity contribution >= 4 is 17.2 Å². The molecule has 1 N–H and O–H groups in total. The largest absolute Gasteiger partial charge is 0.491 e. The molecule has 2 aromatic carbocycles. The zero-order valence-electron chi connectivity index (χ0n) is 22.3. The smallest absolute Gasteiger partial charge is 0.237 e. The minimum atomic E-state index is -0.714.